The molecule has 2 aromatic rings. The molecule has 4 heteroatoms. The van der Waals surface area contributed by atoms with Crippen LogP contribution in [0.5, 0.6) is 5.75 Å². The van der Waals surface area contributed by atoms with E-state index in [0.717, 1.165) is 28.2 Å². The molecule has 0 aliphatic heterocycles. The molecule has 0 saturated carbocycles. The van der Waals surface area contributed by atoms with Crippen molar-refractivity contribution in [2.75, 3.05) is 7.11 Å². The predicted molar refractivity (Wildman–Crippen MR) is 72.2 cm³/mol. The maximum Gasteiger partial charge on any atom is 0.376 e. The van der Waals surface area contributed by atoms with Gasteiger partial charge in [0.05, 0.1) is 7.11 Å². The lowest BCUT2D eigenvalue weighted by atomic mass is 10.0. The number of carbonyl (C=O) groups is 2. The SMILES string of the molecule is COc1ccc(/C=C/C(=O)C(=O)O)c2ccccc12. The Bertz CT molecular complexity index is 671. The summed E-state index contributed by atoms with van der Waals surface area (Å²) in [5, 5.41) is 10.3. The second-order valence-electron chi connectivity index (χ2n) is 3.91. The van der Waals surface area contributed by atoms with Crippen molar-refractivity contribution in [3.63, 3.8) is 0 Å². The summed E-state index contributed by atoms with van der Waals surface area (Å²) >= 11 is 0. The normalized spacial score (nSPS) is 10.8. The third kappa shape index (κ3) is 2.63. The fourth-order valence-corrected chi connectivity index (χ4v) is 1.85. The molecule has 0 amide bonds. The van der Waals surface area contributed by atoms with Gasteiger partial charge in [-0.1, -0.05) is 36.4 Å². The molecule has 2 rings (SSSR count). The van der Waals surface area contributed by atoms with Crippen molar-refractivity contribution in [2.24, 2.45) is 0 Å². The highest BCUT2D eigenvalue weighted by Gasteiger charge is 2.07. The fourth-order valence-electron chi connectivity index (χ4n) is 1.85. The molecule has 2 aromatic carbocycles. The molecule has 0 fully saturated rings. The van der Waals surface area contributed by atoms with Gasteiger partial charge in [-0.3, -0.25) is 4.79 Å². The van der Waals surface area contributed by atoms with Gasteiger partial charge in [0, 0.05) is 5.39 Å². The Labute approximate surface area is 109 Å². The van der Waals surface area contributed by atoms with Gasteiger partial charge < -0.3 is 9.84 Å². The Hall–Kier alpha value is -2.62. The van der Waals surface area contributed by atoms with Gasteiger partial charge in [0.2, 0.25) is 0 Å². The summed E-state index contributed by atoms with van der Waals surface area (Å²) in [4.78, 5) is 21.5. The highest BCUT2D eigenvalue weighted by Crippen LogP contribution is 2.28. The lowest BCUT2D eigenvalue weighted by Crippen LogP contribution is -2.08. The number of benzene rings is 2. The van der Waals surface area contributed by atoms with E-state index >= 15 is 0 Å². The van der Waals surface area contributed by atoms with Gasteiger partial charge in [0.1, 0.15) is 5.75 Å². The van der Waals surface area contributed by atoms with Crippen LogP contribution in [-0.2, 0) is 9.59 Å². The first-order valence-electron chi connectivity index (χ1n) is 5.64. The molecule has 1 N–H and O–H groups in total. The molecule has 19 heavy (non-hydrogen) atoms. The van der Waals surface area contributed by atoms with E-state index in [2.05, 4.69) is 0 Å². The fraction of sp³-hybridized carbons (Fsp3) is 0.0667. The lowest BCUT2D eigenvalue weighted by Gasteiger charge is -2.07. The van der Waals surface area contributed by atoms with Crippen LogP contribution in [-0.4, -0.2) is 24.0 Å². The van der Waals surface area contributed by atoms with Crippen LogP contribution < -0.4 is 4.74 Å². The van der Waals surface area contributed by atoms with E-state index in [4.69, 9.17) is 9.84 Å². The van der Waals surface area contributed by atoms with Gasteiger partial charge in [-0.05, 0) is 23.1 Å². The molecule has 4 nitrogen and oxygen atoms in total. The Morgan fingerprint density at radius 2 is 1.79 bits per heavy atom. The number of methoxy groups -OCH3 is 1. The summed E-state index contributed by atoms with van der Waals surface area (Å²) in [6, 6.07) is 11.1. The molecule has 0 aliphatic carbocycles. The zero-order valence-electron chi connectivity index (χ0n) is 10.3. The van der Waals surface area contributed by atoms with Gasteiger partial charge in [0.25, 0.3) is 5.78 Å². The Morgan fingerprint density at radius 3 is 2.42 bits per heavy atom. The van der Waals surface area contributed by atoms with Crippen LogP contribution in [0.25, 0.3) is 16.8 Å². The predicted octanol–water partition coefficient (Wildman–Crippen LogP) is 2.52. The molecular formula is C15H12O4. The largest absolute Gasteiger partial charge is 0.496 e. The van der Waals surface area contributed by atoms with E-state index in [0.29, 0.717) is 0 Å². The van der Waals surface area contributed by atoms with Crippen LogP contribution in [0.1, 0.15) is 5.56 Å². The summed E-state index contributed by atoms with van der Waals surface area (Å²) < 4.78 is 5.26. The summed E-state index contributed by atoms with van der Waals surface area (Å²) in [6.07, 6.45) is 2.55. The Balaban J connectivity index is 2.51. The number of aliphatic carboxylic acids is 1. The van der Waals surface area contributed by atoms with Gasteiger partial charge in [0.15, 0.2) is 0 Å². The first-order valence-corrected chi connectivity index (χ1v) is 5.64. The van der Waals surface area contributed by atoms with E-state index in [9.17, 15) is 9.59 Å². The highest BCUT2D eigenvalue weighted by atomic mass is 16.5. The number of hydrogen-bond donors (Lipinski definition) is 1. The second-order valence-corrected chi connectivity index (χ2v) is 3.91. The molecular weight excluding hydrogens is 244 g/mol. The molecule has 0 spiro atoms. The molecule has 0 radical (unpaired) electrons. The first-order chi connectivity index (χ1) is 9.13. The Morgan fingerprint density at radius 1 is 1.11 bits per heavy atom. The van der Waals surface area contributed by atoms with Crippen LogP contribution in [0.4, 0.5) is 0 Å². The van der Waals surface area contributed by atoms with Gasteiger partial charge in [-0.25, -0.2) is 4.79 Å². The monoisotopic (exact) mass is 256 g/mol. The van der Waals surface area contributed by atoms with Crippen molar-refractivity contribution in [2.45, 2.75) is 0 Å². The number of carboxylic acid groups (broad SMARTS) is 1. The highest BCUT2D eigenvalue weighted by molar-refractivity contribution is 6.38. The number of hydrogen-bond acceptors (Lipinski definition) is 3. The minimum atomic E-state index is -1.46. The molecule has 96 valence electrons. The van der Waals surface area contributed by atoms with Crippen LogP contribution >= 0.6 is 0 Å². The van der Waals surface area contributed by atoms with Gasteiger partial charge >= 0.3 is 5.97 Å². The molecule has 0 heterocycles. The van der Waals surface area contributed by atoms with Gasteiger partial charge in [-0.2, -0.15) is 0 Å². The molecule has 0 bridgehead atoms. The van der Waals surface area contributed by atoms with E-state index in [1.807, 2.05) is 24.3 Å². The Kier molecular flexibility index (Phi) is 3.61. The van der Waals surface area contributed by atoms with Crippen LogP contribution in [0, 0.1) is 0 Å². The zero-order valence-corrected chi connectivity index (χ0v) is 10.3. The van der Waals surface area contributed by atoms with Gasteiger partial charge in [-0.15, -0.1) is 0 Å². The smallest absolute Gasteiger partial charge is 0.376 e. The van der Waals surface area contributed by atoms with Crippen molar-refractivity contribution in [3.05, 3.63) is 48.0 Å². The van der Waals surface area contributed by atoms with Crippen molar-refractivity contribution < 1.29 is 19.4 Å². The van der Waals surface area contributed by atoms with Crippen molar-refractivity contribution >= 4 is 28.6 Å². The average molecular weight is 256 g/mol. The zero-order chi connectivity index (χ0) is 13.8. The number of ether oxygens (including phenoxy) is 1. The third-order valence-electron chi connectivity index (χ3n) is 2.76. The average Bonchev–Trinajstić information content (AvgIpc) is 2.44. The van der Waals surface area contributed by atoms with E-state index in [-0.39, 0.29) is 0 Å². The number of fused-ring (bicyclic) bond motifs is 1. The molecule has 0 aliphatic rings. The quantitative estimate of drug-likeness (QED) is 0.674. The standard InChI is InChI=1S/C15H12O4/c1-19-14-9-7-10(6-8-13(16)15(17)18)11-4-2-3-5-12(11)14/h2-9H,1H3,(H,17,18)/b8-6+. The van der Waals surface area contributed by atoms with Crippen molar-refractivity contribution in [1.29, 1.82) is 0 Å². The summed E-state index contributed by atoms with van der Waals surface area (Å²) in [6.45, 7) is 0. The van der Waals surface area contributed by atoms with Crippen LogP contribution in [0.3, 0.4) is 0 Å². The molecule has 0 unspecified atom stereocenters. The first kappa shape index (κ1) is 12.8. The molecule has 0 atom stereocenters. The van der Waals surface area contributed by atoms with Crippen LogP contribution in [0.2, 0.25) is 0 Å². The minimum Gasteiger partial charge on any atom is -0.496 e. The van der Waals surface area contributed by atoms with E-state index in [1.54, 1.807) is 19.2 Å². The van der Waals surface area contributed by atoms with E-state index in [1.165, 1.54) is 6.08 Å². The van der Waals surface area contributed by atoms with E-state index < -0.39 is 11.8 Å². The van der Waals surface area contributed by atoms with Crippen molar-refractivity contribution in [1.82, 2.24) is 0 Å². The topological polar surface area (TPSA) is 63.6 Å². The minimum absolute atomic E-state index is 0.734. The maximum atomic E-state index is 11.1. The third-order valence-corrected chi connectivity index (χ3v) is 2.76. The van der Waals surface area contributed by atoms with Crippen molar-refractivity contribution in [3.8, 4) is 5.75 Å². The number of carbonyl (C=O) groups excluding carboxylic acids is 1. The number of ketones is 1. The summed E-state index contributed by atoms with van der Waals surface area (Å²) in [5.74, 6) is -1.67. The summed E-state index contributed by atoms with van der Waals surface area (Å²) in [7, 11) is 1.59. The maximum absolute atomic E-state index is 11.1. The molecule has 0 saturated heterocycles. The summed E-state index contributed by atoms with van der Waals surface area (Å²) in [5.41, 5.74) is 0.769. The molecule has 0 aromatic heterocycles. The van der Waals surface area contributed by atoms with Crippen LogP contribution in [0.15, 0.2) is 42.5 Å². The number of rotatable bonds is 4. The number of carboxylic acids is 1. The lowest BCUT2D eigenvalue weighted by molar-refractivity contribution is -0.146. The second kappa shape index (κ2) is 5.35.